The summed E-state index contributed by atoms with van der Waals surface area (Å²) in [4.78, 5) is 39.2. The van der Waals surface area contributed by atoms with Crippen LogP contribution in [0.3, 0.4) is 0 Å². The van der Waals surface area contributed by atoms with Gasteiger partial charge >= 0.3 is 5.97 Å². The molecular formula is C19H29N3O4. The molecule has 0 radical (unpaired) electrons. The van der Waals surface area contributed by atoms with E-state index < -0.39 is 12.0 Å². The van der Waals surface area contributed by atoms with Gasteiger partial charge in [-0.2, -0.15) is 0 Å². The van der Waals surface area contributed by atoms with Crippen LogP contribution in [0.4, 0.5) is 5.69 Å². The Balaban J connectivity index is 2.87. The number of nitrogens with zero attached hydrogens (tertiary/aromatic N) is 2. The van der Waals surface area contributed by atoms with E-state index in [9.17, 15) is 14.4 Å². The fourth-order valence-corrected chi connectivity index (χ4v) is 2.71. The Hall–Kier alpha value is -2.41. The first-order valence-corrected chi connectivity index (χ1v) is 8.99. The molecule has 26 heavy (non-hydrogen) atoms. The summed E-state index contributed by atoms with van der Waals surface area (Å²) in [6.07, 6.45) is 0.749. The molecule has 0 bridgehead atoms. The number of carbonyl (C=O) groups excluding carboxylic acids is 2. The second kappa shape index (κ2) is 10.6. The van der Waals surface area contributed by atoms with E-state index in [-0.39, 0.29) is 18.4 Å². The van der Waals surface area contributed by atoms with Gasteiger partial charge in [0.25, 0.3) is 5.91 Å². The normalized spacial score (nSPS) is 11.9. The quantitative estimate of drug-likeness (QED) is 0.666. The maximum atomic E-state index is 12.5. The SMILES string of the molecule is CCCN(CC(=O)O)C(C)C(=O)Nc1cccc(C(=O)N(CC)CC)c1. The lowest BCUT2D eigenvalue weighted by atomic mass is 10.1. The highest BCUT2D eigenvalue weighted by Crippen LogP contribution is 2.14. The number of amides is 2. The van der Waals surface area contributed by atoms with Crippen molar-refractivity contribution in [1.82, 2.24) is 9.80 Å². The van der Waals surface area contributed by atoms with Gasteiger partial charge < -0.3 is 15.3 Å². The topological polar surface area (TPSA) is 90.0 Å². The number of carboxylic acid groups (broad SMARTS) is 1. The van der Waals surface area contributed by atoms with E-state index in [4.69, 9.17) is 5.11 Å². The molecule has 0 saturated carbocycles. The number of hydrogen-bond acceptors (Lipinski definition) is 4. The van der Waals surface area contributed by atoms with Crippen molar-refractivity contribution < 1.29 is 19.5 Å². The fourth-order valence-electron chi connectivity index (χ4n) is 2.71. The minimum Gasteiger partial charge on any atom is -0.480 e. The third-order valence-corrected chi connectivity index (χ3v) is 4.20. The van der Waals surface area contributed by atoms with E-state index in [0.29, 0.717) is 30.9 Å². The van der Waals surface area contributed by atoms with Crippen molar-refractivity contribution in [2.45, 2.75) is 40.2 Å². The zero-order valence-electron chi connectivity index (χ0n) is 16.0. The number of carboxylic acids is 1. The Labute approximate surface area is 155 Å². The van der Waals surface area contributed by atoms with E-state index >= 15 is 0 Å². The van der Waals surface area contributed by atoms with Crippen LogP contribution in [0.1, 0.15) is 44.5 Å². The minimum absolute atomic E-state index is 0.0855. The number of carbonyl (C=O) groups is 3. The molecule has 2 amide bonds. The maximum Gasteiger partial charge on any atom is 0.317 e. The molecule has 2 N–H and O–H groups in total. The Bertz CT molecular complexity index is 629. The third-order valence-electron chi connectivity index (χ3n) is 4.20. The zero-order chi connectivity index (χ0) is 19.7. The lowest BCUT2D eigenvalue weighted by molar-refractivity contribution is -0.139. The van der Waals surface area contributed by atoms with Gasteiger partial charge in [-0.15, -0.1) is 0 Å². The van der Waals surface area contributed by atoms with E-state index in [1.54, 1.807) is 41.0 Å². The Morgan fingerprint density at radius 1 is 1.15 bits per heavy atom. The van der Waals surface area contributed by atoms with E-state index in [1.165, 1.54) is 0 Å². The van der Waals surface area contributed by atoms with Gasteiger partial charge in [-0.25, -0.2) is 0 Å². The first-order chi connectivity index (χ1) is 12.3. The highest BCUT2D eigenvalue weighted by atomic mass is 16.4. The lowest BCUT2D eigenvalue weighted by Crippen LogP contribution is -2.45. The molecule has 1 aromatic carbocycles. The van der Waals surface area contributed by atoms with Crippen molar-refractivity contribution in [1.29, 1.82) is 0 Å². The lowest BCUT2D eigenvalue weighted by Gasteiger charge is -2.26. The molecular weight excluding hydrogens is 334 g/mol. The summed E-state index contributed by atoms with van der Waals surface area (Å²) in [6.45, 7) is 9.00. The molecule has 144 valence electrons. The molecule has 1 atom stereocenters. The van der Waals surface area contributed by atoms with Crippen LogP contribution < -0.4 is 5.32 Å². The summed E-state index contributed by atoms with van der Waals surface area (Å²) < 4.78 is 0. The van der Waals surface area contributed by atoms with Crippen LogP contribution in [0.5, 0.6) is 0 Å². The van der Waals surface area contributed by atoms with Crippen molar-refractivity contribution in [2.24, 2.45) is 0 Å². The van der Waals surface area contributed by atoms with Gasteiger partial charge in [0.2, 0.25) is 5.91 Å². The van der Waals surface area contributed by atoms with Crippen molar-refractivity contribution >= 4 is 23.5 Å². The largest absolute Gasteiger partial charge is 0.480 e. The summed E-state index contributed by atoms with van der Waals surface area (Å²) in [5, 5.41) is 11.8. The summed E-state index contributed by atoms with van der Waals surface area (Å²) in [6, 6.07) is 6.21. The molecule has 0 aliphatic carbocycles. The van der Waals surface area contributed by atoms with Crippen molar-refractivity contribution in [3.05, 3.63) is 29.8 Å². The predicted octanol–water partition coefficient (Wildman–Crippen LogP) is 2.29. The average Bonchev–Trinajstić information content (AvgIpc) is 2.61. The molecule has 0 aliphatic heterocycles. The molecule has 1 rings (SSSR count). The molecule has 1 unspecified atom stereocenters. The van der Waals surface area contributed by atoms with Crippen molar-refractivity contribution in [3.63, 3.8) is 0 Å². The molecule has 0 spiro atoms. The number of benzene rings is 1. The van der Waals surface area contributed by atoms with E-state index in [2.05, 4.69) is 5.32 Å². The second-order valence-electron chi connectivity index (χ2n) is 6.09. The van der Waals surface area contributed by atoms with Crippen LogP contribution in [0.25, 0.3) is 0 Å². The van der Waals surface area contributed by atoms with Crippen molar-refractivity contribution in [3.8, 4) is 0 Å². The Morgan fingerprint density at radius 2 is 1.81 bits per heavy atom. The van der Waals surface area contributed by atoms with Crippen LogP contribution >= 0.6 is 0 Å². The summed E-state index contributed by atoms with van der Waals surface area (Å²) in [5.74, 6) is -1.35. The van der Waals surface area contributed by atoms with Gasteiger partial charge in [-0.05, 0) is 51.9 Å². The smallest absolute Gasteiger partial charge is 0.317 e. The van der Waals surface area contributed by atoms with E-state index in [1.807, 2.05) is 20.8 Å². The molecule has 0 saturated heterocycles. The summed E-state index contributed by atoms with van der Waals surface area (Å²) in [5.41, 5.74) is 1.03. The molecule has 0 fully saturated rings. The predicted molar refractivity (Wildman–Crippen MR) is 101 cm³/mol. The number of rotatable bonds is 10. The monoisotopic (exact) mass is 363 g/mol. The van der Waals surface area contributed by atoms with Crippen LogP contribution in [-0.2, 0) is 9.59 Å². The van der Waals surface area contributed by atoms with Gasteiger partial charge in [-0.3, -0.25) is 19.3 Å². The number of aliphatic carboxylic acids is 1. The molecule has 0 heterocycles. The van der Waals surface area contributed by atoms with Crippen LogP contribution in [0.2, 0.25) is 0 Å². The molecule has 1 aromatic rings. The third kappa shape index (κ3) is 6.15. The number of nitrogens with one attached hydrogen (secondary N) is 1. The van der Waals surface area contributed by atoms with Gasteiger partial charge in [0.15, 0.2) is 0 Å². The Morgan fingerprint density at radius 3 is 2.35 bits per heavy atom. The van der Waals surface area contributed by atoms with E-state index in [0.717, 1.165) is 6.42 Å². The summed E-state index contributed by atoms with van der Waals surface area (Å²) in [7, 11) is 0. The minimum atomic E-state index is -0.968. The first kappa shape index (κ1) is 21.6. The second-order valence-corrected chi connectivity index (χ2v) is 6.09. The highest BCUT2D eigenvalue weighted by molar-refractivity contribution is 5.98. The number of anilines is 1. The van der Waals surface area contributed by atoms with Crippen LogP contribution in [0, 0.1) is 0 Å². The molecule has 0 aromatic heterocycles. The summed E-state index contributed by atoms with van der Waals surface area (Å²) >= 11 is 0. The van der Waals surface area contributed by atoms with Gasteiger partial charge in [0.05, 0.1) is 12.6 Å². The maximum absolute atomic E-state index is 12.5. The molecule has 7 nitrogen and oxygen atoms in total. The Kier molecular flexibility index (Phi) is 8.78. The zero-order valence-corrected chi connectivity index (χ0v) is 16.0. The van der Waals surface area contributed by atoms with Gasteiger partial charge in [0, 0.05) is 24.3 Å². The standard InChI is InChI=1S/C19H29N3O4/c1-5-11-22(13-17(23)24)14(4)18(25)20-16-10-8-9-15(12-16)19(26)21(6-2)7-3/h8-10,12,14H,5-7,11,13H2,1-4H3,(H,20,25)(H,23,24). The fraction of sp³-hybridized carbons (Fsp3) is 0.526. The van der Waals surface area contributed by atoms with Gasteiger partial charge in [0.1, 0.15) is 0 Å². The van der Waals surface area contributed by atoms with Crippen LogP contribution in [0.15, 0.2) is 24.3 Å². The van der Waals surface area contributed by atoms with Gasteiger partial charge in [-0.1, -0.05) is 13.0 Å². The first-order valence-electron chi connectivity index (χ1n) is 8.99. The van der Waals surface area contributed by atoms with Crippen molar-refractivity contribution in [2.75, 3.05) is 31.5 Å². The average molecular weight is 363 g/mol. The highest BCUT2D eigenvalue weighted by Gasteiger charge is 2.23. The van der Waals surface area contributed by atoms with Crippen LogP contribution in [-0.4, -0.2) is 64.9 Å². The number of hydrogen-bond donors (Lipinski definition) is 2. The molecule has 0 aliphatic rings. The molecule has 7 heteroatoms.